The number of unbranched alkanes of at least 4 members (excludes halogenated alkanes) is 2. The van der Waals surface area contributed by atoms with Gasteiger partial charge in [-0.3, -0.25) is 14.4 Å². The van der Waals surface area contributed by atoms with Crippen molar-refractivity contribution < 1.29 is 34.1 Å². The quantitative estimate of drug-likeness (QED) is 0.0689. The molecular formula is C40H44N2O7S. The number of nitrogens with one attached hydrogen (secondary N) is 2. The van der Waals surface area contributed by atoms with Crippen LogP contribution in [-0.4, -0.2) is 39.9 Å². The standard InChI is InChI=1S/C40H44N2O7S/c1-27(44)42-33-19-21-35(22-20-33)50-26-34-23-37(30-13-11-28(25-43)12-14-30)49-40(48-34)31-17-15-29(16-18-31)36-8-6-5-7-32(36)24-41-38(45)9-3-2-4-10-39(46)47/h5-8,11-22,34,37,40,43H,2-4,9-10,23-26H2,1H3,(H,41,45)(H,42,44)(H,46,47). The predicted octanol–water partition coefficient (Wildman–Crippen LogP) is 7.79. The zero-order valence-electron chi connectivity index (χ0n) is 28.2. The summed E-state index contributed by atoms with van der Waals surface area (Å²) in [5, 5.41) is 24.1. The Bertz CT molecular complexity index is 1710. The summed E-state index contributed by atoms with van der Waals surface area (Å²) in [5.41, 5.74) is 6.55. The zero-order chi connectivity index (χ0) is 35.3. The van der Waals surface area contributed by atoms with Crippen LogP contribution in [0.25, 0.3) is 11.1 Å². The maximum atomic E-state index is 12.5. The van der Waals surface area contributed by atoms with Crippen LogP contribution < -0.4 is 10.6 Å². The Kier molecular flexibility index (Phi) is 13.6. The molecule has 4 aromatic rings. The number of thioether (sulfide) groups is 1. The summed E-state index contributed by atoms with van der Waals surface area (Å²) in [5.74, 6) is -0.252. The average molecular weight is 697 g/mol. The number of hydrogen-bond acceptors (Lipinski definition) is 7. The monoisotopic (exact) mass is 696 g/mol. The van der Waals surface area contributed by atoms with E-state index in [1.54, 1.807) is 11.8 Å². The van der Waals surface area contributed by atoms with E-state index in [-0.39, 0.29) is 37.0 Å². The van der Waals surface area contributed by atoms with Crippen molar-refractivity contribution in [3.05, 3.63) is 119 Å². The number of ether oxygens (including phenoxy) is 2. The first-order valence-corrected chi connectivity index (χ1v) is 17.9. The maximum Gasteiger partial charge on any atom is 0.303 e. The Morgan fingerprint density at radius 3 is 2.22 bits per heavy atom. The molecule has 0 aliphatic carbocycles. The van der Waals surface area contributed by atoms with E-state index in [1.807, 2.05) is 97.1 Å². The number of rotatable bonds is 16. The Labute approximate surface area is 297 Å². The average Bonchev–Trinajstić information content (AvgIpc) is 3.13. The minimum absolute atomic E-state index is 0.0183. The van der Waals surface area contributed by atoms with E-state index in [2.05, 4.69) is 10.6 Å². The predicted molar refractivity (Wildman–Crippen MR) is 194 cm³/mol. The lowest BCUT2D eigenvalue weighted by molar-refractivity contribution is -0.245. The molecule has 4 aromatic carbocycles. The van der Waals surface area contributed by atoms with Crippen LogP contribution >= 0.6 is 11.8 Å². The number of carbonyl (C=O) groups is 3. The van der Waals surface area contributed by atoms with Crippen LogP contribution in [0, 0.1) is 0 Å². The van der Waals surface area contributed by atoms with Crippen LogP contribution in [0.3, 0.4) is 0 Å². The van der Waals surface area contributed by atoms with E-state index < -0.39 is 12.3 Å². The number of carboxylic acid groups (broad SMARTS) is 1. The van der Waals surface area contributed by atoms with Gasteiger partial charge in [0.1, 0.15) is 0 Å². The lowest BCUT2D eigenvalue weighted by Gasteiger charge is -2.36. The minimum atomic E-state index is -0.810. The zero-order valence-corrected chi connectivity index (χ0v) is 29.0. The number of hydrogen-bond donors (Lipinski definition) is 4. The molecule has 5 rings (SSSR count). The molecule has 0 aromatic heterocycles. The maximum absolute atomic E-state index is 12.5. The molecule has 2 amide bonds. The SMILES string of the molecule is CC(=O)Nc1ccc(SCC2CC(c3ccc(CO)cc3)OC(c3ccc(-c4ccccc4CNC(=O)CCCCCC(=O)O)cc3)O2)cc1. The molecule has 4 N–H and O–H groups in total. The number of aliphatic carboxylic acids is 1. The molecule has 0 radical (unpaired) electrons. The summed E-state index contributed by atoms with van der Waals surface area (Å²) in [7, 11) is 0. The van der Waals surface area contributed by atoms with Gasteiger partial charge in [-0.05, 0) is 64.9 Å². The summed E-state index contributed by atoms with van der Waals surface area (Å²) >= 11 is 1.69. The summed E-state index contributed by atoms with van der Waals surface area (Å²) in [6, 6.07) is 31.7. The smallest absolute Gasteiger partial charge is 0.303 e. The van der Waals surface area contributed by atoms with Gasteiger partial charge >= 0.3 is 5.97 Å². The fourth-order valence-corrected chi connectivity index (χ4v) is 6.77. The molecular weight excluding hydrogens is 653 g/mol. The van der Waals surface area contributed by atoms with Gasteiger partial charge in [-0.15, -0.1) is 11.8 Å². The van der Waals surface area contributed by atoms with Gasteiger partial charge in [0, 0.05) is 54.6 Å². The molecule has 1 heterocycles. The lowest BCUT2D eigenvalue weighted by atomic mass is 9.97. The van der Waals surface area contributed by atoms with E-state index in [0.717, 1.165) is 44.0 Å². The van der Waals surface area contributed by atoms with Crippen LogP contribution in [0.15, 0.2) is 102 Å². The van der Waals surface area contributed by atoms with Crippen molar-refractivity contribution in [2.45, 2.75) is 82.0 Å². The van der Waals surface area contributed by atoms with Gasteiger partial charge in [-0.2, -0.15) is 0 Å². The Balaban J connectivity index is 1.25. The van der Waals surface area contributed by atoms with E-state index in [4.69, 9.17) is 14.6 Å². The van der Waals surface area contributed by atoms with Crippen molar-refractivity contribution in [2.75, 3.05) is 11.1 Å². The molecule has 1 saturated heterocycles. The molecule has 10 heteroatoms. The molecule has 262 valence electrons. The number of carbonyl (C=O) groups excluding carboxylic acids is 2. The summed E-state index contributed by atoms with van der Waals surface area (Å²) in [4.78, 5) is 35.6. The number of benzene rings is 4. The van der Waals surface area contributed by atoms with Gasteiger partial charge in [0.05, 0.1) is 18.8 Å². The molecule has 0 bridgehead atoms. The molecule has 0 saturated carbocycles. The first-order valence-electron chi connectivity index (χ1n) is 16.9. The van der Waals surface area contributed by atoms with E-state index in [1.165, 1.54) is 6.92 Å². The summed E-state index contributed by atoms with van der Waals surface area (Å²) in [6.45, 7) is 1.87. The molecule has 50 heavy (non-hydrogen) atoms. The van der Waals surface area contributed by atoms with Crippen LogP contribution in [0.4, 0.5) is 5.69 Å². The number of aliphatic hydroxyl groups is 1. The Morgan fingerprint density at radius 2 is 1.52 bits per heavy atom. The number of carboxylic acids is 1. The van der Waals surface area contributed by atoms with Gasteiger partial charge in [0.2, 0.25) is 11.8 Å². The minimum Gasteiger partial charge on any atom is -0.481 e. The topological polar surface area (TPSA) is 134 Å². The number of anilines is 1. The van der Waals surface area contributed by atoms with Crippen molar-refractivity contribution >= 4 is 35.2 Å². The molecule has 1 fully saturated rings. The normalized spacial score (nSPS) is 17.2. The van der Waals surface area contributed by atoms with Crippen molar-refractivity contribution in [1.29, 1.82) is 0 Å². The second-order valence-electron chi connectivity index (χ2n) is 12.4. The third-order valence-electron chi connectivity index (χ3n) is 8.51. The van der Waals surface area contributed by atoms with Crippen molar-refractivity contribution in [2.24, 2.45) is 0 Å². The van der Waals surface area contributed by atoms with Crippen LogP contribution in [0.1, 0.15) is 80.1 Å². The Morgan fingerprint density at radius 1 is 0.820 bits per heavy atom. The van der Waals surface area contributed by atoms with E-state index >= 15 is 0 Å². The largest absolute Gasteiger partial charge is 0.481 e. The third-order valence-corrected chi connectivity index (χ3v) is 9.65. The fourth-order valence-electron chi connectivity index (χ4n) is 5.85. The van der Waals surface area contributed by atoms with Crippen LogP contribution in [0.5, 0.6) is 0 Å². The summed E-state index contributed by atoms with van der Waals surface area (Å²) in [6.07, 6.45) is 2.24. The number of amides is 2. The second kappa shape index (κ2) is 18.5. The number of aliphatic hydroxyl groups excluding tert-OH is 1. The molecule has 1 aliphatic heterocycles. The molecule has 0 spiro atoms. The van der Waals surface area contributed by atoms with E-state index in [9.17, 15) is 19.5 Å². The molecule has 3 unspecified atom stereocenters. The highest BCUT2D eigenvalue weighted by Gasteiger charge is 2.32. The van der Waals surface area contributed by atoms with Gasteiger partial charge < -0.3 is 30.3 Å². The highest BCUT2D eigenvalue weighted by atomic mass is 32.2. The van der Waals surface area contributed by atoms with Gasteiger partial charge in [-0.1, -0.05) is 79.2 Å². The molecule has 1 aliphatic rings. The van der Waals surface area contributed by atoms with Crippen molar-refractivity contribution in [1.82, 2.24) is 5.32 Å². The fraction of sp³-hybridized carbons (Fsp3) is 0.325. The highest BCUT2D eigenvalue weighted by molar-refractivity contribution is 7.99. The first-order chi connectivity index (χ1) is 24.3. The highest BCUT2D eigenvalue weighted by Crippen LogP contribution is 2.40. The second-order valence-corrected chi connectivity index (χ2v) is 13.5. The van der Waals surface area contributed by atoms with Gasteiger partial charge in [-0.25, -0.2) is 0 Å². The van der Waals surface area contributed by atoms with Gasteiger partial charge in [0.25, 0.3) is 0 Å². The Hall–Kier alpha value is -4.48. The lowest BCUT2D eigenvalue weighted by Crippen LogP contribution is -2.31. The van der Waals surface area contributed by atoms with E-state index in [0.29, 0.717) is 44.4 Å². The first kappa shape index (κ1) is 36.8. The van der Waals surface area contributed by atoms with Gasteiger partial charge in [0.15, 0.2) is 6.29 Å². The molecule has 9 nitrogen and oxygen atoms in total. The van der Waals surface area contributed by atoms with Crippen molar-refractivity contribution in [3.63, 3.8) is 0 Å². The van der Waals surface area contributed by atoms with Crippen molar-refractivity contribution in [3.8, 4) is 11.1 Å². The summed E-state index contributed by atoms with van der Waals surface area (Å²) < 4.78 is 13.1. The van der Waals surface area contributed by atoms with Crippen LogP contribution in [-0.2, 0) is 37.0 Å². The third kappa shape index (κ3) is 11.0. The van der Waals surface area contributed by atoms with Crippen LogP contribution in [0.2, 0.25) is 0 Å². The molecule has 3 atom stereocenters.